The summed E-state index contributed by atoms with van der Waals surface area (Å²) in [5, 5.41) is 25.0. The van der Waals surface area contributed by atoms with Crippen LogP contribution in [0, 0.1) is 10.1 Å². The van der Waals surface area contributed by atoms with Gasteiger partial charge in [-0.3, -0.25) is 14.9 Å². The maximum absolute atomic E-state index is 12.2. The van der Waals surface area contributed by atoms with Crippen molar-refractivity contribution in [3.05, 3.63) is 63.0 Å². The number of fused-ring (bicyclic) bond motifs is 1. The minimum absolute atomic E-state index is 0.0253. The molecule has 2 aromatic carbocycles. The number of nitro benzene ring substituents is 1. The molecule has 0 unspecified atom stereocenters. The number of benzene rings is 2. The number of rotatable bonds is 6. The van der Waals surface area contributed by atoms with Crippen LogP contribution in [-0.4, -0.2) is 28.8 Å². The van der Waals surface area contributed by atoms with Crippen LogP contribution in [0.1, 0.15) is 22.2 Å². The number of amides is 1. The molecule has 0 spiro atoms. The van der Waals surface area contributed by atoms with Crippen molar-refractivity contribution in [1.29, 1.82) is 0 Å². The highest BCUT2D eigenvalue weighted by atomic mass is 32.1. The number of nitrogens with one attached hydrogen (secondary N) is 1. The number of nitrogens with zero attached hydrogens (tertiary/aromatic N) is 2. The van der Waals surface area contributed by atoms with Crippen molar-refractivity contribution in [1.82, 2.24) is 5.43 Å². The van der Waals surface area contributed by atoms with Gasteiger partial charge < -0.3 is 9.84 Å². The van der Waals surface area contributed by atoms with Gasteiger partial charge in [-0.2, -0.15) is 5.10 Å². The Kier molecular flexibility index (Phi) is 5.32. The molecule has 0 aliphatic carbocycles. The van der Waals surface area contributed by atoms with Gasteiger partial charge in [0.15, 0.2) is 11.5 Å². The van der Waals surface area contributed by atoms with E-state index in [0.29, 0.717) is 28.2 Å². The lowest BCUT2D eigenvalue weighted by atomic mass is 10.2. The Bertz CT molecular complexity index is 1040. The summed E-state index contributed by atoms with van der Waals surface area (Å²) in [5.41, 5.74) is 3.03. The van der Waals surface area contributed by atoms with Crippen LogP contribution in [0.3, 0.4) is 0 Å². The Hall–Kier alpha value is -3.46. The lowest BCUT2D eigenvalue weighted by Crippen LogP contribution is -2.16. The van der Waals surface area contributed by atoms with Gasteiger partial charge in [0.05, 0.1) is 22.6 Å². The summed E-state index contributed by atoms with van der Waals surface area (Å²) >= 11 is 1.22. The zero-order valence-corrected chi connectivity index (χ0v) is 15.0. The molecule has 9 heteroatoms. The monoisotopic (exact) mass is 385 g/mol. The number of carbonyl (C=O) groups excluding carboxylic acids is 1. The van der Waals surface area contributed by atoms with Crippen molar-refractivity contribution in [3.8, 4) is 11.5 Å². The summed E-state index contributed by atoms with van der Waals surface area (Å²) in [6.45, 7) is 2.22. The Morgan fingerprint density at radius 1 is 1.33 bits per heavy atom. The molecule has 0 saturated heterocycles. The average molecular weight is 385 g/mol. The largest absolute Gasteiger partial charge is 0.504 e. The van der Waals surface area contributed by atoms with Crippen molar-refractivity contribution >= 4 is 39.2 Å². The Morgan fingerprint density at radius 3 is 2.89 bits per heavy atom. The van der Waals surface area contributed by atoms with E-state index in [9.17, 15) is 20.0 Å². The van der Waals surface area contributed by atoms with E-state index in [1.54, 1.807) is 31.2 Å². The molecule has 2 N–H and O–H groups in total. The smallest absolute Gasteiger partial charge is 0.281 e. The average Bonchev–Trinajstić information content (AvgIpc) is 3.07. The number of hydrazone groups is 1. The zero-order chi connectivity index (χ0) is 19.4. The number of nitro groups is 1. The van der Waals surface area contributed by atoms with Crippen LogP contribution in [-0.2, 0) is 0 Å². The summed E-state index contributed by atoms with van der Waals surface area (Å²) in [7, 11) is 0. The number of thiophene rings is 1. The third-order valence-electron chi connectivity index (χ3n) is 3.60. The highest BCUT2D eigenvalue weighted by Gasteiger charge is 2.13. The molecule has 3 aromatic rings. The molecule has 0 aliphatic rings. The van der Waals surface area contributed by atoms with Crippen molar-refractivity contribution in [2.24, 2.45) is 5.10 Å². The molecule has 0 atom stereocenters. The van der Waals surface area contributed by atoms with E-state index in [4.69, 9.17) is 4.74 Å². The molecule has 1 heterocycles. The van der Waals surface area contributed by atoms with Crippen LogP contribution in [0.15, 0.2) is 47.6 Å². The van der Waals surface area contributed by atoms with Gasteiger partial charge in [0.1, 0.15) is 0 Å². The number of hydrogen-bond acceptors (Lipinski definition) is 7. The zero-order valence-electron chi connectivity index (χ0n) is 14.2. The van der Waals surface area contributed by atoms with Gasteiger partial charge in [-0.15, -0.1) is 11.3 Å². The molecular formula is C18H15N3O5S. The van der Waals surface area contributed by atoms with Gasteiger partial charge in [0.25, 0.3) is 11.6 Å². The van der Waals surface area contributed by atoms with E-state index < -0.39 is 10.8 Å². The van der Waals surface area contributed by atoms with Gasteiger partial charge in [0.2, 0.25) is 0 Å². The molecule has 1 aromatic heterocycles. The predicted molar refractivity (Wildman–Crippen MR) is 103 cm³/mol. The number of phenolic OH excluding ortho intramolecular Hbond substituents is 1. The summed E-state index contributed by atoms with van der Waals surface area (Å²) < 4.78 is 6.06. The summed E-state index contributed by atoms with van der Waals surface area (Å²) in [5.74, 6) is -0.0600. The first-order valence-corrected chi connectivity index (χ1v) is 8.77. The number of ether oxygens (including phenoxy) is 1. The van der Waals surface area contributed by atoms with Crippen LogP contribution < -0.4 is 10.2 Å². The molecular weight excluding hydrogens is 370 g/mol. The standard InChI is InChI=1S/C18H15N3O5S/c1-2-26-15-7-11(3-5-14(15)22)10-19-20-18(23)17-9-12-8-13(21(24)25)4-6-16(12)27-17/h3-10,22H,2H2,1H3,(H,20,23)/b19-10+. The van der Waals surface area contributed by atoms with Gasteiger partial charge >= 0.3 is 0 Å². The highest BCUT2D eigenvalue weighted by molar-refractivity contribution is 7.20. The van der Waals surface area contributed by atoms with E-state index >= 15 is 0 Å². The summed E-state index contributed by atoms with van der Waals surface area (Å²) in [6, 6.07) is 10.7. The third kappa shape index (κ3) is 4.21. The highest BCUT2D eigenvalue weighted by Crippen LogP contribution is 2.29. The van der Waals surface area contributed by atoms with E-state index in [1.165, 1.54) is 35.8 Å². The maximum atomic E-state index is 12.2. The summed E-state index contributed by atoms with van der Waals surface area (Å²) in [6.07, 6.45) is 1.43. The van der Waals surface area contributed by atoms with E-state index in [1.807, 2.05) is 0 Å². The van der Waals surface area contributed by atoms with E-state index in [0.717, 1.165) is 4.70 Å². The van der Waals surface area contributed by atoms with Gasteiger partial charge in [0, 0.05) is 22.2 Å². The maximum Gasteiger partial charge on any atom is 0.281 e. The minimum Gasteiger partial charge on any atom is -0.504 e. The van der Waals surface area contributed by atoms with Crippen molar-refractivity contribution in [3.63, 3.8) is 0 Å². The number of phenols is 1. The molecule has 138 valence electrons. The lowest BCUT2D eigenvalue weighted by molar-refractivity contribution is -0.384. The lowest BCUT2D eigenvalue weighted by Gasteiger charge is -2.05. The third-order valence-corrected chi connectivity index (χ3v) is 4.71. The predicted octanol–water partition coefficient (Wildman–Crippen LogP) is 3.68. The SMILES string of the molecule is CCOc1cc(/C=N/NC(=O)c2cc3cc([N+](=O)[O-])ccc3s2)ccc1O. The number of non-ortho nitro benzene ring substituents is 1. The number of aromatic hydroxyl groups is 1. The van der Waals surface area contributed by atoms with Crippen LogP contribution >= 0.6 is 11.3 Å². The van der Waals surface area contributed by atoms with Crippen molar-refractivity contribution < 1.29 is 19.6 Å². The van der Waals surface area contributed by atoms with Gasteiger partial charge in [-0.05, 0) is 42.8 Å². The van der Waals surface area contributed by atoms with Crippen molar-refractivity contribution in [2.75, 3.05) is 6.61 Å². The molecule has 0 saturated carbocycles. The molecule has 0 radical (unpaired) electrons. The van der Waals surface area contributed by atoms with Crippen molar-refractivity contribution in [2.45, 2.75) is 6.92 Å². The first-order valence-electron chi connectivity index (χ1n) is 7.95. The molecule has 0 aliphatic heterocycles. The van der Waals surface area contributed by atoms with Crippen LogP contribution in [0.4, 0.5) is 5.69 Å². The van der Waals surface area contributed by atoms with E-state index in [-0.39, 0.29) is 11.4 Å². The molecule has 1 amide bonds. The number of carbonyl (C=O) groups is 1. The van der Waals surface area contributed by atoms with Crippen LogP contribution in [0.2, 0.25) is 0 Å². The Labute approximate surface area is 157 Å². The second-order valence-corrected chi connectivity index (χ2v) is 6.53. The molecule has 3 rings (SSSR count). The first-order chi connectivity index (χ1) is 13.0. The molecule has 0 fully saturated rings. The quantitative estimate of drug-likeness (QED) is 0.382. The normalized spacial score (nSPS) is 11.0. The second kappa shape index (κ2) is 7.83. The summed E-state index contributed by atoms with van der Waals surface area (Å²) in [4.78, 5) is 23.0. The van der Waals surface area contributed by atoms with E-state index in [2.05, 4.69) is 10.5 Å². The fourth-order valence-corrected chi connectivity index (χ4v) is 3.29. The molecule has 0 bridgehead atoms. The van der Waals surface area contributed by atoms with Gasteiger partial charge in [-0.25, -0.2) is 5.43 Å². The van der Waals surface area contributed by atoms with Gasteiger partial charge in [-0.1, -0.05) is 0 Å². The van der Waals surface area contributed by atoms with Crippen LogP contribution in [0.5, 0.6) is 11.5 Å². The Balaban J connectivity index is 1.72. The van der Waals surface area contributed by atoms with Crippen LogP contribution in [0.25, 0.3) is 10.1 Å². The second-order valence-electron chi connectivity index (χ2n) is 5.45. The molecule has 8 nitrogen and oxygen atoms in total. The first kappa shape index (κ1) is 18.3. The fourth-order valence-electron chi connectivity index (χ4n) is 2.36. The Morgan fingerprint density at radius 2 is 2.15 bits per heavy atom. The fraction of sp³-hybridized carbons (Fsp3) is 0.111. The topological polar surface area (TPSA) is 114 Å². The molecule has 27 heavy (non-hydrogen) atoms. The number of hydrogen-bond donors (Lipinski definition) is 2. The minimum atomic E-state index is -0.477.